The number of carbonyl (C=O) groups excluding carboxylic acids is 1. The minimum atomic E-state index is 0.166. The van der Waals surface area contributed by atoms with E-state index in [1.165, 1.54) is 6.42 Å². The third-order valence-corrected chi connectivity index (χ3v) is 3.74. The van der Waals surface area contributed by atoms with Gasteiger partial charge in [0.1, 0.15) is 12.4 Å². The van der Waals surface area contributed by atoms with Crippen molar-refractivity contribution in [2.24, 2.45) is 0 Å². The standard InChI is InChI=1S/C15H21ClN2O2/c1-18(15(19)11-13-5-3-7-17-13)8-9-20-14-6-2-4-12(16)10-14/h2,4,6,10,13,17H,3,5,7-9,11H2,1H3. The number of hydrogen-bond donors (Lipinski definition) is 1. The molecule has 1 unspecified atom stereocenters. The lowest BCUT2D eigenvalue weighted by Gasteiger charge is -2.19. The van der Waals surface area contributed by atoms with Crippen molar-refractivity contribution < 1.29 is 9.53 Å². The van der Waals surface area contributed by atoms with E-state index in [2.05, 4.69) is 5.32 Å². The molecule has 20 heavy (non-hydrogen) atoms. The van der Waals surface area contributed by atoms with Crippen LogP contribution in [0.2, 0.25) is 5.02 Å². The van der Waals surface area contributed by atoms with Crippen molar-refractivity contribution in [3.05, 3.63) is 29.3 Å². The Morgan fingerprint density at radius 3 is 3.10 bits per heavy atom. The van der Waals surface area contributed by atoms with E-state index in [0.29, 0.717) is 30.6 Å². The van der Waals surface area contributed by atoms with E-state index in [0.717, 1.165) is 18.7 Å². The van der Waals surface area contributed by atoms with Crippen LogP contribution in [0.3, 0.4) is 0 Å². The van der Waals surface area contributed by atoms with Crippen molar-refractivity contribution >= 4 is 17.5 Å². The van der Waals surface area contributed by atoms with E-state index in [1.54, 1.807) is 17.0 Å². The fraction of sp³-hybridized carbons (Fsp3) is 0.533. The molecule has 1 fully saturated rings. The molecule has 1 aliphatic heterocycles. The minimum absolute atomic E-state index is 0.166. The lowest BCUT2D eigenvalue weighted by atomic mass is 10.1. The van der Waals surface area contributed by atoms with Crippen molar-refractivity contribution in [1.29, 1.82) is 0 Å². The Labute approximate surface area is 125 Å². The maximum Gasteiger partial charge on any atom is 0.223 e. The number of carbonyl (C=O) groups is 1. The van der Waals surface area contributed by atoms with Crippen molar-refractivity contribution in [3.63, 3.8) is 0 Å². The maximum atomic E-state index is 12.0. The molecule has 1 heterocycles. The van der Waals surface area contributed by atoms with Gasteiger partial charge in [0.15, 0.2) is 0 Å². The highest BCUT2D eigenvalue weighted by atomic mass is 35.5. The molecule has 0 spiro atoms. The number of amides is 1. The number of hydrogen-bond acceptors (Lipinski definition) is 3. The first kappa shape index (κ1) is 15.1. The second kappa shape index (κ2) is 7.50. The van der Waals surface area contributed by atoms with Crippen LogP contribution in [0, 0.1) is 0 Å². The predicted octanol–water partition coefficient (Wildman–Crippen LogP) is 2.32. The number of nitrogens with zero attached hydrogens (tertiary/aromatic N) is 1. The number of halogens is 1. The Hall–Kier alpha value is -1.26. The average molecular weight is 297 g/mol. The molecule has 0 bridgehead atoms. The van der Waals surface area contributed by atoms with Gasteiger partial charge in [-0.05, 0) is 37.6 Å². The van der Waals surface area contributed by atoms with Crippen molar-refractivity contribution in [3.8, 4) is 5.75 Å². The van der Waals surface area contributed by atoms with E-state index < -0.39 is 0 Å². The largest absolute Gasteiger partial charge is 0.492 e. The summed E-state index contributed by atoms with van der Waals surface area (Å²) in [5.74, 6) is 0.898. The second-order valence-electron chi connectivity index (χ2n) is 5.12. The van der Waals surface area contributed by atoms with E-state index in [9.17, 15) is 4.79 Å². The molecule has 0 aliphatic carbocycles. The van der Waals surface area contributed by atoms with Crippen LogP contribution in [-0.2, 0) is 4.79 Å². The minimum Gasteiger partial charge on any atom is -0.492 e. The van der Waals surface area contributed by atoms with Gasteiger partial charge in [-0.15, -0.1) is 0 Å². The van der Waals surface area contributed by atoms with E-state index in [1.807, 2.05) is 19.2 Å². The Bertz CT molecular complexity index is 447. The summed E-state index contributed by atoms with van der Waals surface area (Å²) in [6.07, 6.45) is 2.84. The predicted molar refractivity (Wildman–Crippen MR) is 80.2 cm³/mol. The summed E-state index contributed by atoms with van der Waals surface area (Å²) >= 11 is 5.88. The van der Waals surface area contributed by atoms with Crippen LogP contribution in [0.15, 0.2) is 24.3 Å². The summed E-state index contributed by atoms with van der Waals surface area (Å²) < 4.78 is 5.58. The molecule has 1 aromatic rings. The molecular formula is C15H21ClN2O2. The molecule has 1 saturated heterocycles. The highest BCUT2D eigenvalue weighted by Gasteiger charge is 2.19. The van der Waals surface area contributed by atoms with Crippen LogP contribution in [0.5, 0.6) is 5.75 Å². The summed E-state index contributed by atoms with van der Waals surface area (Å²) in [7, 11) is 1.82. The van der Waals surface area contributed by atoms with E-state index in [4.69, 9.17) is 16.3 Å². The topological polar surface area (TPSA) is 41.6 Å². The molecule has 5 heteroatoms. The molecule has 4 nitrogen and oxygen atoms in total. The summed E-state index contributed by atoms with van der Waals surface area (Å²) in [4.78, 5) is 13.7. The molecule has 0 radical (unpaired) electrons. The molecule has 1 aromatic carbocycles. The number of benzene rings is 1. The molecule has 1 atom stereocenters. The van der Waals surface area contributed by atoms with Crippen LogP contribution in [0.1, 0.15) is 19.3 Å². The lowest BCUT2D eigenvalue weighted by Crippen LogP contribution is -2.35. The molecule has 0 saturated carbocycles. The van der Waals surface area contributed by atoms with Crippen LogP contribution in [-0.4, -0.2) is 43.6 Å². The molecule has 0 aromatic heterocycles. The molecule has 1 N–H and O–H groups in total. The van der Waals surface area contributed by atoms with Gasteiger partial charge in [0.2, 0.25) is 5.91 Å². The zero-order chi connectivity index (χ0) is 14.4. The summed E-state index contributed by atoms with van der Waals surface area (Å²) in [5, 5.41) is 3.99. The highest BCUT2D eigenvalue weighted by Crippen LogP contribution is 2.17. The van der Waals surface area contributed by atoms with Gasteiger partial charge in [-0.25, -0.2) is 0 Å². The summed E-state index contributed by atoms with van der Waals surface area (Å²) in [6, 6.07) is 7.62. The SMILES string of the molecule is CN(CCOc1cccc(Cl)c1)C(=O)CC1CCCN1. The normalized spacial score (nSPS) is 18.0. The number of nitrogens with one attached hydrogen (secondary N) is 1. The Balaban J connectivity index is 1.68. The van der Waals surface area contributed by atoms with Gasteiger partial charge in [0, 0.05) is 24.5 Å². The van der Waals surface area contributed by atoms with Crippen molar-refractivity contribution in [1.82, 2.24) is 10.2 Å². The third kappa shape index (κ3) is 4.69. The Kier molecular flexibility index (Phi) is 5.68. The van der Waals surface area contributed by atoms with Crippen LogP contribution in [0.25, 0.3) is 0 Å². The fourth-order valence-corrected chi connectivity index (χ4v) is 2.46. The summed E-state index contributed by atoms with van der Waals surface area (Å²) in [6.45, 7) is 2.08. The number of likely N-dealkylation sites (N-methyl/N-ethyl adjacent to an activating group) is 1. The molecule has 110 valence electrons. The fourth-order valence-electron chi connectivity index (χ4n) is 2.28. The van der Waals surface area contributed by atoms with E-state index >= 15 is 0 Å². The van der Waals surface area contributed by atoms with Crippen LogP contribution >= 0.6 is 11.6 Å². The zero-order valence-electron chi connectivity index (χ0n) is 11.8. The monoisotopic (exact) mass is 296 g/mol. The Morgan fingerprint density at radius 1 is 1.55 bits per heavy atom. The lowest BCUT2D eigenvalue weighted by molar-refractivity contribution is -0.130. The maximum absolute atomic E-state index is 12.0. The zero-order valence-corrected chi connectivity index (χ0v) is 12.5. The number of ether oxygens (including phenoxy) is 1. The van der Waals surface area contributed by atoms with Gasteiger partial charge >= 0.3 is 0 Å². The van der Waals surface area contributed by atoms with Gasteiger partial charge in [0.25, 0.3) is 0 Å². The molecule has 2 rings (SSSR count). The van der Waals surface area contributed by atoms with Crippen LogP contribution < -0.4 is 10.1 Å². The third-order valence-electron chi connectivity index (χ3n) is 3.50. The molecule has 1 aliphatic rings. The van der Waals surface area contributed by atoms with Crippen LogP contribution in [0.4, 0.5) is 0 Å². The van der Waals surface area contributed by atoms with Gasteiger partial charge in [-0.2, -0.15) is 0 Å². The van der Waals surface area contributed by atoms with Gasteiger partial charge in [0.05, 0.1) is 6.54 Å². The Morgan fingerprint density at radius 2 is 2.40 bits per heavy atom. The van der Waals surface area contributed by atoms with Crippen molar-refractivity contribution in [2.75, 3.05) is 26.7 Å². The highest BCUT2D eigenvalue weighted by molar-refractivity contribution is 6.30. The first-order valence-electron chi connectivity index (χ1n) is 7.01. The average Bonchev–Trinajstić information content (AvgIpc) is 2.91. The van der Waals surface area contributed by atoms with Gasteiger partial charge in [-0.3, -0.25) is 4.79 Å². The molecular weight excluding hydrogens is 276 g/mol. The quantitative estimate of drug-likeness (QED) is 0.876. The first-order valence-corrected chi connectivity index (χ1v) is 7.38. The molecule has 1 amide bonds. The van der Waals surface area contributed by atoms with Gasteiger partial charge < -0.3 is 15.0 Å². The van der Waals surface area contributed by atoms with Gasteiger partial charge in [-0.1, -0.05) is 17.7 Å². The van der Waals surface area contributed by atoms with Crippen molar-refractivity contribution in [2.45, 2.75) is 25.3 Å². The first-order chi connectivity index (χ1) is 9.65. The number of rotatable bonds is 6. The second-order valence-corrected chi connectivity index (χ2v) is 5.55. The van der Waals surface area contributed by atoms with E-state index in [-0.39, 0.29) is 5.91 Å². The summed E-state index contributed by atoms with van der Waals surface area (Å²) in [5.41, 5.74) is 0. The smallest absolute Gasteiger partial charge is 0.223 e.